The number of allylic oxidation sites excluding steroid dienone is 5. The Morgan fingerprint density at radius 1 is 1.28 bits per heavy atom. The molecule has 0 spiro atoms. The Hall–Kier alpha value is -1.11. The van der Waals surface area contributed by atoms with Crippen LogP contribution in [-0.2, 0) is 4.79 Å². The van der Waals surface area contributed by atoms with Gasteiger partial charge in [0.25, 0.3) is 0 Å². The molecule has 2 saturated carbocycles. The number of rotatable bonds is 4. The molecule has 0 aromatic carbocycles. The number of fused-ring (bicyclic) bond motifs is 3. The lowest BCUT2D eigenvalue weighted by atomic mass is 9.43. The third-order valence-electron chi connectivity index (χ3n) is 8.47. The van der Waals surface area contributed by atoms with Crippen LogP contribution in [0.5, 0.6) is 0 Å². The third-order valence-corrected chi connectivity index (χ3v) is 8.47. The molecule has 0 saturated heterocycles. The quantitative estimate of drug-likeness (QED) is 0.313. The van der Waals surface area contributed by atoms with Gasteiger partial charge in [-0.25, -0.2) is 0 Å². The molecule has 25 heavy (non-hydrogen) atoms. The van der Waals surface area contributed by atoms with E-state index in [0.717, 1.165) is 12.2 Å². The molecule has 0 aliphatic heterocycles. The molecule has 0 radical (unpaired) electrons. The zero-order chi connectivity index (χ0) is 18.5. The molecule has 6 unspecified atom stereocenters. The zero-order valence-corrected chi connectivity index (χ0v) is 16.9. The summed E-state index contributed by atoms with van der Waals surface area (Å²) in [5.41, 5.74) is 3.39. The van der Waals surface area contributed by atoms with Gasteiger partial charge in [-0.05, 0) is 84.7 Å². The summed E-state index contributed by atoms with van der Waals surface area (Å²) >= 11 is 0. The molecule has 3 aliphatic rings. The van der Waals surface area contributed by atoms with E-state index in [1.54, 1.807) is 0 Å². The maximum atomic E-state index is 11.2. The van der Waals surface area contributed by atoms with Gasteiger partial charge in [-0.15, -0.1) is 0 Å². The minimum Gasteiger partial charge on any atom is -0.299 e. The van der Waals surface area contributed by atoms with Gasteiger partial charge >= 0.3 is 0 Å². The molecule has 0 amide bonds. The van der Waals surface area contributed by atoms with E-state index in [-0.39, 0.29) is 12.3 Å². The predicted molar refractivity (Wildman–Crippen MR) is 108 cm³/mol. The molecular weight excluding hydrogens is 304 g/mol. The molecule has 0 N–H and O–H groups in total. The maximum Gasteiger partial charge on any atom is 0.143 e. The summed E-state index contributed by atoms with van der Waals surface area (Å²) in [6.45, 7) is 16.3. The van der Waals surface area contributed by atoms with Gasteiger partial charge in [-0.2, -0.15) is 0 Å². The van der Waals surface area contributed by atoms with Crippen molar-refractivity contribution in [3.63, 3.8) is 0 Å². The van der Waals surface area contributed by atoms with Crippen LogP contribution in [-0.4, -0.2) is 6.29 Å². The lowest BCUT2D eigenvalue weighted by Gasteiger charge is -2.61. The largest absolute Gasteiger partial charge is 0.299 e. The fourth-order valence-electron chi connectivity index (χ4n) is 7.48. The van der Waals surface area contributed by atoms with E-state index in [1.807, 2.05) is 6.08 Å². The molecule has 3 rings (SSSR count). The van der Waals surface area contributed by atoms with Gasteiger partial charge in [0.15, 0.2) is 0 Å². The second kappa shape index (κ2) is 6.25. The normalized spacial score (nSPS) is 47.4. The van der Waals surface area contributed by atoms with Crippen LogP contribution < -0.4 is 0 Å². The molecule has 3 aliphatic carbocycles. The molecule has 0 bridgehead atoms. The van der Waals surface area contributed by atoms with Gasteiger partial charge in [0.05, 0.1) is 0 Å². The van der Waals surface area contributed by atoms with Gasteiger partial charge < -0.3 is 0 Å². The topological polar surface area (TPSA) is 17.1 Å². The summed E-state index contributed by atoms with van der Waals surface area (Å²) in [4.78, 5) is 11.2. The van der Waals surface area contributed by atoms with E-state index in [1.165, 1.54) is 49.7 Å². The van der Waals surface area contributed by atoms with E-state index in [4.69, 9.17) is 0 Å². The fourth-order valence-corrected chi connectivity index (χ4v) is 7.48. The van der Waals surface area contributed by atoms with Crippen LogP contribution in [0.2, 0.25) is 0 Å². The second-order valence-corrected chi connectivity index (χ2v) is 9.75. The molecule has 2 fully saturated rings. The summed E-state index contributed by atoms with van der Waals surface area (Å²) < 4.78 is 0. The summed E-state index contributed by atoms with van der Waals surface area (Å²) in [6, 6.07) is 0. The molecule has 0 aromatic heterocycles. The highest BCUT2D eigenvalue weighted by Gasteiger charge is 2.62. The molecule has 0 heterocycles. The second-order valence-electron chi connectivity index (χ2n) is 9.75. The Kier molecular flexibility index (Phi) is 4.67. The lowest BCUT2D eigenvalue weighted by Crippen LogP contribution is -2.54. The van der Waals surface area contributed by atoms with Crippen LogP contribution in [0.4, 0.5) is 0 Å². The molecule has 1 nitrogen and oxygen atoms in total. The first-order chi connectivity index (χ1) is 11.7. The van der Waals surface area contributed by atoms with Crippen LogP contribution in [0.25, 0.3) is 0 Å². The van der Waals surface area contributed by atoms with Crippen molar-refractivity contribution in [2.24, 2.45) is 34.0 Å². The Labute approximate surface area is 156 Å². The number of hydrogen-bond donors (Lipinski definition) is 0. The first-order valence-corrected chi connectivity index (χ1v) is 10.2. The van der Waals surface area contributed by atoms with Crippen molar-refractivity contribution >= 4 is 6.29 Å². The minimum atomic E-state index is 0. The monoisotopic (exact) mass is 342 g/mol. The van der Waals surface area contributed by atoms with Crippen molar-refractivity contribution in [3.05, 3.63) is 36.0 Å². The summed E-state index contributed by atoms with van der Waals surface area (Å²) in [7, 11) is 0. The van der Waals surface area contributed by atoms with Crippen molar-refractivity contribution < 1.29 is 6.22 Å². The van der Waals surface area contributed by atoms with Crippen LogP contribution in [0.15, 0.2) is 36.0 Å². The number of carbonyl (C=O) groups excluding carboxylic acids is 1. The smallest absolute Gasteiger partial charge is 0.143 e. The van der Waals surface area contributed by atoms with E-state index < -0.39 is 0 Å². The molecular formula is C24H38O. The average molecular weight is 343 g/mol. The highest BCUT2D eigenvalue weighted by atomic mass is 16.1. The highest BCUT2D eigenvalue weighted by molar-refractivity contribution is 5.68. The third kappa shape index (κ3) is 2.53. The average Bonchev–Trinajstić information content (AvgIpc) is 2.89. The highest BCUT2D eigenvalue weighted by Crippen LogP contribution is 2.70. The van der Waals surface area contributed by atoms with Crippen LogP contribution >= 0.6 is 0 Å². The van der Waals surface area contributed by atoms with Crippen molar-refractivity contribution in [2.75, 3.05) is 0 Å². The summed E-state index contributed by atoms with van der Waals surface area (Å²) in [5.74, 6) is 2.04. The van der Waals surface area contributed by atoms with E-state index in [2.05, 4.69) is 53.3 Å². The standard InChI is InChI=1S/C24H36O.H2/c1-7-13-22(4)18(12-16-25)10-14-24(6)20-9-8-19(17(2)3)23(20,5)15-11-21(22)24;/h10,12,14,16,19-21H,2,7-9,11,13,15H2,1,3-6H3;1H/b18-12-;. The maximum absolute atomic E-state index is 11.2. The summed E-state index contributed by atoms with van der Waals surface area (Å²) in [6.07, 6.45) is 15.1. The van der Waals surface area contributed by atoms with Crippen LogP contribution in [0.3, 0.4) is 0 Å². The van der Waals surface area contributed by atoms with Gasteiger partial charge in [0, 0.05) is 1.43 Å². The minimum absolute atomic E-state index is 0. The van der Waals surface area contributed by atoms with Gasteiger partial charge in [0.1, 0.15) is 6.29 Å². The molecule has 140 valence electrons. The van der Waals surface area contributed by atoms with Gasteiger partial charge in [-0.3, -0.25) is 4.79 Å². The van der Waals surface area contributed by atoms with E-state index >= 15 is 0 Å². The van der Waals surface area contributed by atoms with Crippen molar-refractivity contribution in [2.45, 2.75) is 73.1 Å². The van der Waals surface area contributed by atoms with Crippen molar-refractivity contribution in [1.29, 1.82) is 0 Å². The molecule has 0 aromatic rings. The number of aldehydes is 1. The Bertz CT molecular complexity index is 632. The predicted octanol–water partition coefficient (Wildman–Crippen LogP) is 6.76. The van der Waals surface area contributed by atoms with Crippen LogP contribution in [0, 0.1) is 34.0 Å². The Balaban J connectivity index is 0.00000243. The van der Waals surface area contributed by atoms with E-state index in [9.17, 15) is 4.79 Å². The Morgan fingerprint density at radius 2 is 2.00 bits per heavy atom. The summed E-state index contributed by atoms with van der Waals surface area (Å²) in [5, 5.41) is 0. The first kappa shape index (κ1) is 18.7. The first-order valence-electron chi connectivity index (χ1n) is 10.2. The van der Waals surface area contributed by atoms with E-state index in [0.29, 0.717) is 17.3 Å². The number of carbonyl (C=O) groups is 1. The SMILES string of the molecule is C=C(C)C1CCC2C3(C)C=C/C(=C/C=O)C(C)(CCC)C3CCC12C.[HH]. The number of hydrogen-bond acceptors (Lipinski definition) is 1. The molecule has 6 atom stereocenters. The lowest BCUT2D eigenvalue weighted by molar-refractivity contribution is -0.104. The van der Waals surface area contributed by atoms with Gasteiger partial charge in [-0.1, -0.05) is 58.4 Å². The van der Waals surface area contributed by atoms with Gasteiger partial charge in [0.2, 0.25) is 0 Å². The van der Waals surface area contributed by atoms with Crippen molar-refractivity contribution in [3.8, 4) is 0 Å². The Morgan fingerprint density at radius 3 is 2.60 bits per heavy atom. The zero-order valence-electron chi connectivity index (χ0n) is 16.9. The van der Waals surface area contributed by atoms with Crippen LogP contribution in [0.1, 0.15) is 74.6 Å². The molecule has 1 heteroatoms. The van der Waals surface area contributed by atoms with Crippen molar-refractivity contribution in [1.82, 2.24) is 0 Å². The fraction of sp³-hybridized carbons (Fsp3) is 0.708.